The summed E-state index contributed by atoms with van der Waals surface area (Å²) in [4.78, 5) is 13.6. The number of H-pyrrole nitrogens is 1. The van der Waals surface area contributed by atoms with Gasteiger partial charge < -0.3 is 10.1 Å². The van der Waals surface area contributed by atoms with E-state index in [4.69, 9.17) is 11.5 Å². The van der Waals surface area contributed by atoms with Crippen molar-refractivity contribution in [1.29, 1.82) is 0 Å². The molecule has 0 aliphatic heterocycles. The Labute approximate surface area is 143 Å². The predicted molar refractivity (Wildman–Crippen MR) is 93.5 cm³/mol. The zero-order chi connectivity index (χ0) is 16.9. The van der Waals surface area contributed by atoms with Gasteiger partial charge in [0.05, 0.1) is 5.75 Å². The molecule has 0 saturated heterocycles. The maximum atomic E-state index is 10.6. The fourth-order valence-corrected chi connectivity index (χ4v) is 2.73. The molecule has 0 saturated carbocycles. The third kappa shape index (κ3) is 3.65. The van der Waals surface area contributed by atoms with Crippen molar-refractivity contribution in [3.8, 4) is 34.9 Å². The first kappa shape index (κ1) is 15.8. The Morgan fingerprint density at radius 2 is 1.83 bits per heavy atom. The molecule has 0 spiro atoms. The number of hydrogen-bond donors (Lipinski definition) is 2. The number of nitrogens with zero attached hydrogens (tertiary/aromatic N) is 2. The molecule has 24 heavy (non-hydrogen) atoms. The molecular formula is C18H13N3O2S. The first-order valence-electron chi connectivity index (χ1n) is 7.10. The predicted octanol–water partition coefficient (Wildman–Crippen LogP) is 3.30. The molecule has 0 amide bonds. The van der Waals surface area contributed by atoms with Crippen LogP contribution in [0.25, 0.3) is 22.5 Å². The van der Waals surface area contributed by atoms with Gasteiger partial charge in [-0.05, 0) is 29.3 Å². The summed E-state index contributed by atoms with van der Waals surface area (Å²) in [7, 11) is 0. The van der Waals surface area contributed by atoms with E-state index in [0.29, 0.717) is 11.0 Å². The van der Waals surface area contributed by atoms with Crippen molar-refractivity contribution in [2.45, 2.75) is 5.16 Å². The average Bonchev–Trinajstić information content (AvgIpc) is 3.09. The number of carbonyl (C=O) groups is 1. The Morgan fingerprint density at radius 3 is 2.58 bits per heavy atom. The number of terminal acetylenes is 1. The molecule has 2 aromatic carbocycles. The fraction of sp³-hybridized carbons (Fsp3) is 0.0556. The summed E-state index contributed by atoms with van der Waals surface area (Å²) >= 11 is 1.10. The second-order valence-electron chi connectivity index (χ2n) is 4.97. The number of carboxylic acids is 1. The zero-order valence-corrected chi connectivity index (χ0v) is 13.4. The van der Waals surface area contributed by atoms with Gasteiger partial charge in [0.25, 0.3) is 0 Å². The van der Waals surface area contributed by atoms with E-state index >= 15 is 0 Å². The first-order chi connectivity index (χ1) is 11.7. The van der Waals surface area contributed by atoms with Gasteiger partial charge in [0.1, 0.15) is 0 Å². The molecule has 0 aliphatic rings. The highest BCUT2D eigenvalue weighted by molar-refractivity contribution is 7.99. The van der Waals surface area contributed by atoms with Crippen LogP contribution in [0.1, 0.15) is 5.56 Å². The van der Waals surface area contributed by atoms with E-state index < -0.39 is 5.97 Å². The number of carboxylic acid groups (broad SMARTS) is 1. The van der Waals surface area contributed by atoms with Gasteiger partial charge in [0.2, 0.25) is 0 Å². The lowest BCUT2D eigenvalue weighted by atomic mass is 10.0. The van der Waals surface area contributed by atoms with Crippen LogP contribution in [-0.2, 0) is 4.79 Å². The van der Waals surface area contributed by atoms with Gasteiger partial charge in [-0.3, -0.25) is 4.79 Å². The lowest BCUT2D eigenvalue weighted by molar-refractivity contribution is -0.133. The number of aromatic amines is 1. The molecule has 6 heteroatoms. The SMILES string of the molecule is C#Cc1cccc(-c2cccc(-c3nnc(SCC(=O)O)[nH]3)c2)c1. The minimum atomic E-state index is -0.895. The normalized spacial score (nSPS) is 10.3. The second kappa shape index (κ2) is 7.02. The van der Waals surface area contributed by atoms with Crippen LogP contribution in [0.4, 0.5) is 0 Å². The molecule has 0 unspecified atom stereocenters. The van der Waals surface area contributed by atoms with E-state index in [9.17, 15) is 4.79 Å². The number of thioether (sulfide) groups is 1. The summed E-state index contributed by atoms with van der Waals surface area (Å²) in [5, 5.41) is 17.2. The smallest absolute Gasteiger partial charge is 0.313 e. The molecule has 3 rings (SSSR count). The molecule has 0 radical (unpaired) electrons. The minimum Gasteiger partial charge on any atom is -0.481 e. The van der Waals surface area contributed by atoms with E-state index in [1.165, 1.54) is 0 Å². The summed E-state index contributed by atoms with van der Waals surface area (Å²) in [6, 6.07) is 15.6. The summed E-state index contributed by atoms with van der Waals surface area (Å²) in [5.74, 6) is 2.27. The average molecular weight is 335 g/mol. The molecule has 1 aromatic heterocycles. The highest BCUT2D eigenvalue weighted by atomic mass is 32.2. The molecule has 0 bridgehead atoms. The van der Waals surface area contributed by atoms with Crippen LogP contribution >= 0.6 is 11.8 Å². The zero-order valence-electron chi connectivity index (χ0n) is 12.6. The monoisotopic (exact) mass is 335 g/mol. The van der Waals surface area contributed by atoms with Crippen LogP contribution in [0.15, 0.2) is 53.7 Å². The minimum absolute atomic E-state index is 0.0620. The van der Waals surface area contributed by atoms with E-state index in [1.54, 1.807) is 0 Å². The number of rotatable bonds is 5. The van der Waals surface area contributed by atoms with E-state index in [0.717, 1.165) is 34.0 Å². The Hall–Kier alpha value is -3.04. The molecule has 2 N–H and O–H groups in total. The van der Waals surface area contributed by atoms with Gasteiger partial charge in [-0.2, -0.15) is 0 Å². The lowest BCUT2D eigenvalue weighted by Gasteiger charge is -2.04. The summed E-state index contributed by atoms with van der Waals surface area (Å²) in [6.07, 6.45) is 5.45. The second-order valence-corrected chi connectivity index (χ2v) is 5.93. The van der Waals surface area contributed by atoms with Gasteiger partial charge in [0.15, 0.2) is 11.0 Å². The van der Waals surface area contributed by atoms with Crippen molar-refractivity contribution in [2.75, 3.05) is 5.75 Å². The van der Waals surface area contributed by atoms with Crippen LogP contribution < -0.4 is 0 Å². The molecular weight excluding hydrogens is 322 g/mol. The number of benzene rings is 2. The quantitative estimate of drug-likeness (QED) is 0.552. The van der Waals surface area contributed by atoms with Gasteiger partial charge in [-0.25, -0.2) is 0 Å². The maximum absolute atomic E-state index is 10.6. The largest absolute Gasteiger partial charge is 0.481 e. The van der Waals surface area contributed by atoms with Crippen molar-refractivity contribution < 1.29 is 9.90 Å². The summed E-state index contributed by atoms with van der Waals surface area (Å²) in [6.45, 7) is 0. The molecule has 0 fully saturated rings. The highest BCUT2D eigenvalue weighted by Crippen LogP contribution is 2.26. The molecule has 1 heterocycles. The van der Waals surface area contributed by atoms with Crippen LogP contribution in [0.3, 0.4) is 0 Å². The van der Waals surface area contributed by atoms with E-state index in [-0.39, 0.29) is 5.75 Å². The van der Waals surface area contributed by atoms with Crippen molar-refractivity contribution in [2.24, 2.45) is 0 Å². The number of aromatic nitrogens is 3. The van der Waals surface area contributed by atoms with E-state index in [1.807, 2.05) is 48.5 Å². The Balaban J connectivity index is 1.88. The van der Waals surface area contributed by atoms with E-state index in [2.05, 4.69) is 21.1 Å². The first-order valence-corrected chi connectivity index (χ1v) is 8.09. The maximum Gasteiger partial charge on any atom is 0.313 e. The van der Waals surface area contributed by atoms with Crippen LogP contribution in [0.2, 0.25) is 0 Å². The third-order valence-electron chi connectivity index (χ3n) is 3.30. The standard InChI is InChI=1S/C18H13N3O2S/c1-2-12-5-3-6-13(9-12)14-7-4-8-15(10-14)17-19-18(21-20-17)24-11-16(22)23/h1,3-10H,11H2,(H,22,23)(H,19,20,21). The molecule has 118 valence electrons. The fourth-order valence-electron chi connectivity index (χ4n) is 2.21. The molecule has 0 aliphatic carbocycles. The van der Waals surface area contributed by atoms with Gasteiger partial charge >= 0.3 is 5.97 Å². The van der Waals surface area contributed by atoms with Gasteiger partial charge in [-0.15, -0.1) is 16.6 Å². The van der Waals surface area contributed by atoms with Crippen molar-refractivity contribution in [3.63, 3.8) is 0 Å². The van der Waals surface area contributed by atoms with Crippen LogP contribution in [0.5, 0.6) is 0 Å². The molecule has 3 aromatic rings. The van der Waals surface area contributed by atoms with Crippen molar-refractivity contribution in [1.82, 2.24) is 15.2 Å². The summed E-state index contributed by atoms with van der Waals surface area (Å²) < 4.78 is 0. The van der Waals surface area contributed by atoms with Gasteiger partial charge in [-0.1, -0.05) is 48.0 Å². The van der Waals surface area contributed by atoms with Crippen LogP contribution in [0, 0.1) is 12.3 Å². The number of hydrogen-bond acceptors (Lipinski definition) is 4. The lowest BCUT2D eigenvalue weighted by Crippen LogP contribution is -1.97. The van der Waals surface area contributed by atoms with Crippen molar-refractivity contribution in [3.05, 3.63) is 54.1 Å². The Morgan fingerprint density at radius 1 is 1.12 bits per heavy atom. The highest BCUT2D eigenvalue weighted by Gasteiger charge is 2.09. The number of aliphatic carboxylic acids is 1. The van der Waals surface area contributed by atoms with Crippen LogP contribution in [-0.4, -0.2) is 32.0 Å². The third-order valence-corrected chi connectivity index (χ3v) is 4.15. The summed E-state index contributed by atoms with van der Waals surface area (Å²) in [5.41, 5.74) is 3.73. The Kier molecular flexibility index (Phi) is 4.64. The van der Waals surface area contributed by atoms with Crippen molar-refractivity contribution >= 4 is 17.7 Å². The molecule has 5 nitrogen and oxygen atoms in total. The Bertz CT molecular complexity index is 928. The topological polar surface area (TPSA) is 78.9 Å². The number of nitrogens with one attached hydrogen (secondary N) is 1. The molecule has 0 atom stereocenters. The van der Waals surface area contributed by atoms with Gasteiger partial charge in [0, 0.05) is 11.1 Å².